The number of nitrogens with zero attached hydrogens (tertiary/aromatic N) is 1. The predicted molar refractivity (Wildman–Crippen MR) is 59.9 cm³/mol. The minimum absolute atomic E-state index is 0.0113. The van der Waals surface area contributed by atoms with E-state index in [4.69, 9.17) is 0 Å². The summed E-state index contributed by atoms with van der Waals surface area (Å²) in [4.78, 5) is 21.1. The van der Waals surface area contributed by atoms with Gasteiger partial charge in [0.05, 0.1) is 11.0 Å². The van der Waals surface area contributed by atoms with Crippen LogP contribution in [0.2, 0.25) is 0 Å². The highest BCUT2D eigenvalue weighted by atomic mass is 16.6. The zero-order chi connectivity index (χ0) is 12.1. The molecule has 5 heteroatoms. The van der Waals surface area contributed by atoms with Crippen LogP contribution in [0.15, 0.2) is 36.9 Å². The van der Waals surface area contributed by atoms with Crippen molar-refractivity contribution >= 4 is 11.6 Å². The molecule has 1 rings (SSSR count). The van der Waals surface area contributed by atoms with E-state index < -0.39 is 4.92 Å². The molecule has 0 radical (unpaired) electrons. The van der Waals surface area contributed by atoms with Gasteiger partial charge in [0.1, 0.15) is 0 Å². The van der Waals surface area contributed by atoms with Crippen molar-refractivity contribution in [2.45, 2.75) is 13.0 Å². The zero-order valence-corrected chi connectivity index (χ0v) is 8.84. The summed E-state index contributed by atoms with van der Waals surface area (Å²) in [5, 5.41) is 13.2. The van der Waals surface area contributed by atoms with Crippen LogP contribution in [0.4, 0.5) is 5.69 Å². The first-order valence-electron chi connectivity index (χ1n) is 4.72. The molecule has 16 heavy (non-hydrogen) atoms. The quantitative estimate of drug-likeness (QED) is 0.479. The number of nitro groups is 1. The molecule has 1 atom stereocenters. The highest BCUT2D eigenvalue weighted by Crippen LogP contribution is 2.18. The number of nitro benzene ring substituents is 1. The molecule has 1 unspecified atom stereocenters. The third kappa shape index (κ3) is 2.91. The van der Waals surface area contributed by atoms with Crippen LogP contribution in [0.3, 0.4) is 0 Å². The maximum Gasteiger partial charge on any atom is 0.269 e. The van der Waals surface area contributed by atoms with Gasteiger partial charge in [-0.3, -0.25) is 14.9 Å². The minimum atomic E-state index is -0.467. The molecule has 5 nitrogen and oxygen atoms in total. The number of hydrogen-bond donors (Lipinski definition) is 1. The van der Waals surface area contributed by atoms with E-state index in [1.165, 1.54) is 12.1 Å². The van der Waals surface area contributed by atoms with Crippen molar-refractivity contribution in [3.63, 3.8) is 0 Å². The molecule has 1 aromatic rings. The lowest BCUT2D eigenvalue weighted by atomic mass is 10.1. The molecule has 0 spiro atoms. The van der Waals surface area contributed by atoms with Crippen LogP contribution in [-0.4, -0.2) is 10.8 Å². The van der Waals surface area contributed by atoms with E-state index in [9.17, 15) is 14.9 Å². The Kier molecular flexibility index (Phi) is 3.77. The monoisotopic (exact) mass is 220 g/mol. The zero-order valence-electron chi connectivity index (χ0n) is 8.84. The van der Waals surface area contributed by atoms with E-state index in [1.54, 1.807) is 19.1 Å². The van der Waals surface area contributed by atoms with Crippen LogP contribution in [0.5, 0.6) is 0 Å². The summed E-state index contributed by atoms with van der Waals surface area (Å²) in [6, 6.07) is 5.87. The second-order valence-corrected chi connectivity index (χ2v) is 3.29. The number of benzene rings is 1. The Morgan fingerprint density at radius 2 is 2.31 bits per heavy atom. The SMILES string of the molecule is C=CC(=O)NC(C)c1cccc([N+](=O)[O-])c1. The largest absolute Gasteiger partial charge is 0.346 e. The number of carbonyl (C=O) groups excluding carboxylic acids is 1. The lowest BCUT2D eigenvalue weighted by Crippen LogP contribution is -2.24. The number of non-ortho nitro benzene ring substituents is 1. The van der Waals surface area contributed by atoms with Crippen molar-refractivity contribution in [2.75, 3.05) is 0 Å². The number of hydrogen-bond acceptors (Lipinski definition) is 3. The van der Waals surface area contributed by atoms with Gasteiger partial charge in [-0.25, -0.2) is 0 Å². The normalized spacial score (nSPS) is 11.6. The Morgan fingerprint density at radius 1 is 1.62 bits per heavy atom. The molecule has 0 saturated carbocycles. The summed E-state index contributed by atoms with van der Waals surface area (Å²) in [7, 11) is 0. The first kappa shape index (κ1) is 11.9. The van der Waals surface area contributed by atoms with Crippen molar-refractivity contribution in [1.29, 1.82) is 0 Å². The minimum Gasteiger partial charge on any atom is -0.346 e. The van der Waals surface area contributed by atoms with Crippen LogP contribution in [0.1, 0.15) is 18.5 Å². The highest BCUT2D eigenvalue weighted by Gasteiger charge is 2.11. The first-order chi connectivity index (χ1) is 7.54. The van der Waals surface area contributed by atoms with Gasteiger partial charge in [0.25, 0.3) is 5.69 Å². The number of nitrogens with one attached hydrogen (secondary N) is 1. The van der Waals surface area contributed by atoms with E-state index >= 15 is 0 Å². The van der Waals surface area contributed by atoms with Gasteiger partial charge in [-0.1, -0.05) is 18.7 Å². The van der Waals surface area contributed by atoms with E-state index in [0.717, 1.165) is 6.08 Å². The van der Waals surface area contributed by atoms with Crippen LogP contribution >= 0.6 is 0 Å². The molecule has 1 N–H and O–H groups in total. The molecule has 84 valence electrons. The topological polar surface area (TPSA) is 72.2 Å². The first-order valence-corrected chi connectivity index (χ1v) is 4.72. The van der Waals surface area contributed by atoms with E-state index in [2.05, 4.69) is 11.9 Å². The fraction of sp³-hybridized carbons (Fsp3) is 0.182. The van der Waals surface area contributed by atoms with Crippen molar-refractivity contribution in [3.05, 3.63) is 52.6 Å². The van der Waals surface area contributed by atoms with Crippen LogP contribution in [-0.2, 0) is 4.79 Å². The predicted octanol–water partition coefficient (Wildman–Crippen LogP) is 1.96. The van der Waals surface area contributed by atoms with Gasteiger partial charge in [-0.05, 0) is 18.6 Å². The number of amides is 1. The second-order valence-electron chi connectivity index (χ2n) is 3.29. The molecule has 1 amide bonds. The molecule has 1 aromatic carbocycles. The average molecular weight is 220 g/mol. The summed E-state index contributed by atoms with van der Waals surface area (Å²) in [5.74, 6) is -0.306. The van der Waals surface area contributed by atoms with E-state index in [1.807, 2.05) is 0 Å². The lowest BCUT2D eigenvalue weighted by molar-refractivity contribution is -0.384. The molecule has 0 fully saturated rings. The summed E-state index contributed by atoms with van der Waals surface area (Å²) in [6.45, 7) is 5.08. The maximum absolute atomic E-state index is 11.1. The van der Waals surface area contributed by atoms with Gasteiger partial charge in [-0.15, -0.1) is 0 Å². The van der Waals surface area contributed by atoms with Crippen molar-refractivity contribution < 1.29 is 9.72 Å². The fourth-order valence-corrected chi connectivity index (χ4v) is 1.26. The highest BCUT2D eigenvalue weighted by molar-refractivity contribution is 5.87. The van der Waals surface area contributed by atoms with Crippen LogP contribution < -0.4 is 5.32 Å². The Labute approximate surface area is 92.9 Å². The molecule has 0 heterocycles. The molecule has 0 bridgehead atoms. The summed E-state index contributed by atoms with van der Waals surface area (Å²) in [5.41, 5.74) is 0.696. The van der Waals surface area contributed by atoms with Crippen molar-refractivity contribution in [3.8, 4) is 0 Å². The third-order valence-electron chi connectivity index (χ3n) is 2.13. The molecule has 0 aliphatic heterocycles. The van der Waals surface area contributed by atoms with E-state index in [-0.39, 0.29) is 17.6 Å². The maximum atomic E-state index is 11.1. The van der Waals surface area contributed by atoms with Gasteiger partial charge >= 0.3 is 0 Å². The van der Waals surface area contributed by atoms with Crippen LogP contribution in [0, 0.1) is 10.1 Å². The van der Waals surface area contributed by atoms with Gasteiger partial charge in [0.2, 0.25) is 5.91 Å². The summed E-state index contributed by atoms with van der Waals surface area (Å²) < 4.78 is 0. The molecule has 0 aromatic heterocycles. The molecule has 0 saturated heterocycles. The van der Waals surface area contributed by atoms with Gasteiger partial charge in [0, 0.05) is 12.1 Å². The van der Waals surface area contributed by atoms with Gasteiger partial charge < -0.3 is 5.32 Å². The number of carbonyl (C=O) groups is 1. The lowest BCUT2D eigenvalue weighted by Gasteiger charge is -2.12. The van der Waals surface area contributed by atoms with Crippen LogP contribution in [0.25, 0.3) is 0 Å². The average Bonchev–Trinajstić information content (AvgIpc) is 2.28. The molecular weight excluding hydrogens is 208 g/mol. The summed E-state index contributed by atoms with van der Waals surface area (Å²) in [6.07, 6.45) is 1.16. The Bertz CT molecular complexity index is 429. The fourth-order valence-electron chi connectivity index (χ4n) is 1.26. The molecule has 0 aliphatic rings. The molecule has 0 aliphatic carbocycles. The third-order valence-corrected chi connectivity index (χ3v) is 2.13. The van der Waals surface area contributed by atoms with Crippen molar-refractivity contribution in [1.82, 2.24) is 5.32 Å². The number of rotatable bonds is 4. The summed E-state index contributed by atoms with van der Waals surface area (Å²) >= 11 is 0. The second kappa shape index (κ2) is 5.06. The molecular formula is C11H12N2O3. The standard InChI is InChI=1S/C11H12N2O3/c1-3-11(14)12-8(2)9-5-4-6-10(7-9)13(15)16/h3-8H,1H2,2H3,(H,12,14). The Hall–Kier alpha value is -2.17. The van der Waals surface area contributed by atoms with Crippen molar-refractivity contribution in [2.24, 2.45) is 0 Å². The van der Waals surface area contributed by atoms with Gasteiger partial charge in [0.15, 0.2) is 0 Å². The van der Waals surface area contributed by atoms with E-state index in [0.29, 0.717) is 5.56 Å². The smallest absolute Gasteiger partial charge is 0.269 e. The van der Waals surface area contributed by atoms with Gasteiger partial charge in [-0.2, -0.15) is 0 Å². The Morgan fingerprint density at radius 3 is 2.88 bits per heavy atom. The Balaban J connectivity index is 2.87.